The summed E-state index contributed by atoms with van der Waals surface area (Å²) in [5.41, 5.74) is 2.90. The number of benzene rings is 3. The Hall–Kier alpha value is -3.36. The van der Waals surface area contributed by atoms with E-state index in [0.717, 1.165) is 27.4 Å². The zero-order valence-electron chi connectivity index (χ0n) is 23.0. The molecule has 0 fully saturated rings. The van der Waals surface area contributed by atoms with Crippen LogP contribution in [0.2, 0.25) is 5.02 Å². The van der Waals surface area contributed by atoms with E-state index >= 15 is 0 Å². The van der Waals surface area contributed by atoms with E-state index < -0.39 is 28.5 Å². The number of rotatable bonds is 11. The minimum Gasteiger partial charge on any atom is -0.352 e. The Balaban J connectivity index is 2.05. The van der Waals surface area contributed by atoms with E-state index in [1.807, 2.05) is 52.0 Å². The van der Waals surface area contributed by atoms with Gasteiger partial charge in [0.05, 0.1) is 15.6 Å². The highest BCUT2D eigenvalue weighted by Gasteiger charge is 2.33. The van der Waals surface area contributed by atoms with Gasteiger partial charge in [-0.3, -0.25) is 13.9 Å². The van der Waals surface area contributed by atoms with E-state index in [-0.39, 0.29) is 34.1 Å². The molecule has 2 atom stereocenters. The first-order chi connectivity index (χ1) is 18.4. The number of amides is 2. The summed E-state index contributed by atoms with van der Waals surface area (Å²) in [6, 6.07) is 19.6. The molecule has 3 aromatic carbocycles. The van der Waals surface area contributed by atoms with Gasteiger partial charge in [-0.1, -0.05) is 72.6 Å². The van der Waals surface area contributed by atoms with E-state index in [2.05, 4.69) is 5.32 Å². The monoisotopic (exact) mass is 569 g/mol. The molecule has 7 nitrogen and oxygen atoms in total. The highest BCUT2D eigenvalue weighted by atomic mass is 35.5. The second-order valence-electron chi connectivity index (χ2n) is 9.72. The minimum atomic E-state index is -4.17. The van der Waals surface area contributed by atoms with Crippen LogP contribution in [0.1, 0.15) is 43.9 Å². The topological polar surface area (TPSA) is 86.8 Å². The Morgan fingerprint density at radius 3 is 2.15 bits per heavy atom. The third-order valence-corrected chi connectivity index (χ3v) is 8.87. The summed E-state index contributed by atoms with van der Waals surface area (Å²) in [6.07, 6.45) is 0.735. The standard InChI is InChI=1S/C30H36ClN3O4S/c1-6-23(4)32-30(36)24(5)33(19-25-12-8-7-11-22(25)3)29(35)20-34(28-14-10-9-13-27(28)31)39(37,38)26-17-15-21(2)16-18-26/h7-18,23-24H,6,19-20H2,1-5H3,(H,32,36)/t23-,24+/m1/s1. The fraction of sp³-hybridized carbons (Fsp3) is 0.333. The number of aryl methyl sites for hydroxylation is 2. The van der Waals surface area contributed by atoms with Gasteiger partial charge in [-0.25, -0.2) is 8.42 Å². The average molecular weight is 570 g/mol. The Labute approximate surface area is 236 Å². The third kappa shape index (κ3) is 7.40. The molecule has 0 aliphatic rings. The van der Waals surface area contributed by atoms with E-state index in [0.29, 0.717) is 0 Å². The lowest BCUT2D eigenvalue weighted by molar-refractivity contribution is -0.139. The molecule has 39 heavy (non-hydrogen) atoms. The van der Waals surface area contributed by atoms with E-state index in [1.54, 1.807) is 43.3 Å². The largest absolute Gasteiger partial charge is 0.352 e. The number of para-hydroxylation sites is 1. The second-order valence-corrected chi connectivity index (χ2v) is 12.0. The van der Waals surface area contributed by atoms with Gasteiger partial charge in [0.15, 0.2) is 0 Å². The average Bonchev–Trinajstić information content (AvgIpc) is 2.91. The molecule has 0 aliphatic carbocycles. The number of anilines is 1. The molecule has 3 aromatic rings. The highest BCUT2D eigenvalue weighted by Crippen LogP contribution is 2.31. The number of nitrogens with zero attached hydrogens (tertiary/aromatic N) is 2. The summed E-state index contributed by atoms with van der Waals surface area (Å²) in [5, 5.41) is 3.12. The molecule has 2 amide bonds. The summed E-state index contributed by atoms with van der Waals surface area (Å²) in [6.45, 7) is 8.91. The van der Waals surface area contributed by atoms with Crippen molar-refractivity contribution in [1.29, 1.82) is 0 Å². The number of hydrogen-bond donors (Lipinski definition) is 1. The van der Waals surface area contributed by atoms with Gasteiger partial charge in [0.25, 0.3) is 10.0 Å². The fourth-order valence-corrected chi connectivity index (χ4v) is 5.74. The normalized spacial score (nSPS) is 12.9. The Bertz CT molecular complexity index is 1410. The van der Waals surface area contributed by atoms with Crippen molar-refractivity contribution >= 4 is 39.1 Å². The maximum absolute atomic E-state index is 14.0. The van der Waals surface area contributed by atoms with Crippen LogP contribution in [0.3, 0.4) is 0 Å². The van der Waals surface area contributed by atoms with Crippen molar-refractivity contribution < 1.29 is 18.0 Å². The predicted molar refractivity (Wildman–Crippen MR) is 156 cm³/mol. The Morgan fingerprint density at radius 1 is 0.923 bits per heavy atom. The van der Waals surface area contributed by atoms with Crippen LogP contribution in [-0.4, -0.2) is 43.8 Å². The maximum Gasteiger partial charge on any atom is 0.264 e. The van der Waals surface area contributed by atoms with E-state index in [1.165, 1.54) is 17.0 Å². The van der Waals surface area contributed by atoms with Crippen molar-refractivity contribution in [1.82, 2.24) is 10.2 Å². The van der Waals surface area contributed by atoms with Crippen molar-refractivity contribution in [2.75, 3.05) is 10.8 Å². The Kier molecular flexibility index (Phi) is 10.2. The van der Waals surface area contributed by atoms with Gasteiger partial charge in [-0.15, -0.1) is 0 Å². The van der Waals surface area contributed by atoms with Gasteiger partial charge in [0.1, 0.15) is 12.6 Å². The van der Waals surface area contributed by atoms with Gasteiger partial charge in [-0.2, -0.15) is 0 Å². The van der Waals surface area contributed by atoms with E-state index in [9.17, 15) is 18.0 Å². The molecule has 0 heterocycles. The molecule has 0 radical (unpaired) electrons. The van der Waals surface area contributed by atoms with Crippen LogP contribution in [0.4, 0.5) is 5.69 Å². The summed E-state index contributed by atoms with van der Waals surface area (Å²) in [4.78, 5) is 28.6. The van der Waals surface area contributed by atoms with Crippen LogP contribution in [0.15, 0.2) is 77.7 Å². The number of carbonyl (C=O) groups is 2. The quantitative estimate of drug-likeness (QED) is 0.331. The van der Waals surface area contributed by atoms with Gasteiger partial charge < -0.3 is 10.2 Å². The number of carbonyl (C=O) groups excluding carboxylic acids is 2. The molecule has 0 saturated carbocycles. The lowest BCUT2D eigenvalue weighted by Crippen LogP contribution is -2.52. The van der Waals surface area contributed by atoms with Crippen LogP contribution < -0.4 is 9.62 Å². The highest BCUT2D eigenvalue weighted by molar-refractivity contribution is 7.92. The third-order valence-electron chi connectivity index (χ3n) is 6.78. The first kappa shape index (κ1) is 30.2. The van der Waals surface area contributed by atoms with Crippen molar-refractivity contribution in [3.63, 3.8) is 0 Å². The van der Waals surface area contributed by atoms with Gasteiger partial charge in [-0.05, 0) is 69.5 Å². The fourth-order valence-electron chi connectivity index (χ4n) is 4.02. The van der Waals surface area contributed by atoms with Gasteiger partial charge in [0, 0.05) is 12.6 Å². The number of sulfonamides is 1. The van der Waals surface area contributed by atoms with Crippen molar-refractivity contribution in [3.05, 3.63) is 94.5 Å². The minimum absolute atomic E-state index is 0.0360. The zero-order valence-corrected chi connectivity index (χ0v) is 24.6. The molecule has 0 unspecified atom stereocenters. The molecule has 3 rings (SSSR count). The smallest absolute Gasteiger partial charge is 0.264 e. The molecular formula is C30H36ClN3O4S. The molecule has 208 valence electrons. The first-order valence-electron chi connectivity index (χ1n) is 12.9. The lowest BCUT2D eigenvalue weighted by atomic mass is 10.1. The second kappa shape index (κ2) is 13.1. The van der Waals surface area contributed by atoms with Crippen LogP contribution >= 0.6 is 11.6 Å². The van der Waals surface area contributed by atoms with Crippen LogP contribution in [0.5, 0.6) is 0 Å². The van der Waals surface area contributed by atoms with Crippen LogP contribution in [0, 0.1) is 13.8 Å². The summed E-state index contributed by atoms with van der Waals surface area (Å²) < 4.78 is 28.8. The van der Waals surface area contributed by atoms with Crippen molar-refractivity contribution in [2.45, 2.75) is 64.6 Å². The molecule has 9 heteroatoms. The summed E-state index contributed by atoms with van der Waals surface area (Å²) in [5.74, 6) is -0.836. The Morgan fingerprint density at radius 2 is 1.54 bits per heavy atom. The van der Waals surface area contributed by atoms with Crippen LogP contribution in [-0.2, 0) is 26.2 Å². The molecule has 0 bridgehead atoms. The van der Waals surface area contributed by atoms with E-state index in [4.69, 9.17) is 11.6 Å². The molecule has 0 aliphatic heterocycles. The van der Waals surface area contributed by atoms with Crippen molar-refractivity contribution in [3.8, 4) is 0 Å². The molecule has 0 aromatic heterocycles. The zero-order chi connectivity index (χ0) is 28.7. The molecular weight excluding hydrogens is 534 g/mol. The number of halogens is 1. The van der Waals surface area contributed by atoms with Gasteiger partial charge >= 0.3 is 0 Å². The molecule has 1 N–H and O–H groups in total. The summed E-state index contributed by atoms with van der Waals surface area (Å²) >= 11 is 6.44. The lowest BCUT2D eigenvalue weighted by Gasteiger charge is -2.33. The molecule has 0 spiro atoms. The SMILES string of the molecule is CC[C@@H](C)NC(=O)[C@H](C)N(Cc1ccccc1C)C(=O)CN(c1ccccc1Cl)S(=O)(=O)c1ccc(C)cc1. The predicted octanol–water partition coefficient (Wildman–Crippen LogP) is 5.48. The summed E-state index contributed by atoms with van der Waals surface area (Å²) in [7, 11) is -4.17. The van der Waals surface area contributed by atoms with Gasteiger partial charge in [0.2, 0.25) is 11.8 Å². The molecule has 0 saturated heterocycles. The van der Waals surface area contributed by atoms with Crippen LogP contribution in [0.25, 0.3) is 0 Å². The number of nitrogens with one attached hydrogen (secondary N) is 1. The number of hydrogen-bond acceptors (Lipinski definition) is 4. The van der Waals surface area contributed by atoms with Crippen molar-refractivity contribution in [2.24, 2.45) is 0 Å². The first-order valence-corrected chi connectivity index (χ1v) is 14.8. The maximum atomic E-state index is 14.0.